The lowest BCUT2D eigenvalue weighted by Crippen LogP contribution is -2.22. The summed E-state index contributed by atoms with van der Waals surface area (Å²) in [4.78, 5) is 22.4. The fraction of sp³-hybridized carbons (Fsp3) is 0.250. The van der Waals surface area contributed by atoms with E-state index >= 15 is 0 Å². The van der Waals surface area contributed by atoms with Crippen molar-refractivity contribution in [1.82, 2.24) is 0 Å². The quantitative estimate of drug-likeness (QED) is 0.276. The number of benzene rings is 2. The van der Waals surface area contributed by atoms with Crippen molar-refractivity contribution in [2.75, 3.05) is 0 Å². The number of carbonyl (C=O) groups excluding carboxylic acids is 1. The van der Waals surface area contributed by atoms with E-state index in [0.29, 0.717) is 29.0 Å². The minimum atomic E-state index is -1.04. The molecule has 0 bridgehead atoms. The minimum absolute atomic E-state index is 0.0918. The van der Waals surface area contributed by atoms with Crippen molar-refractivity contribution in [3.63, 3.8) is 0 Å². The predicted molar refractivity (Wildman–Crippen MR) is 114 cm³/mol. The number of rotatable bonds is 9. The molecule has 0 fully saturated rings. The van der Waals surface area contributed by atoms with Gasteiger partial charge >= 0.3 is 12.3 Å². The van der Waals surface area contributed by atoms with Crippen molar-refractivity contribution in [2.45, 2.75) is 39.9 Å². The van der Waals surface area contributed by atoms with Gasteiger partial charge in [0, 0.05) is 11.6 Å². The van der Waals surface area contributed by atoms with E-state index in [2.05, 4.69) is 11.8 Å². The Balaban J connectivity index is 2.31. The van der Waals surface area contributed by atoms with E-state index < -0.39 is 12.3 Å². The van der Waals surface area contributed by atoms with Gasteiger partial charge in [-0.25, -0.2) is 4.79 Å². The normalized spacial score (nSPS) is 11.4. The van der Waals surface area contributed by atoms with Crippen LogP contribution in [0.3, 0.4) is 0 Å². The Morgan fingerprint density at radius 2 is 1.97 bits per heavy atom. The molecule has 2 rings (SSSR count). The second kappa shape index (κ2) is 10.7. The Morgan fingerprint density at radius 3 is 2.60 bits per heavy atom. The molecule has 0 saturated carbocycles. The first-order chi connectivity index (χ1) is 14.3. The molecule has 0 aromatic heterocycles. The van der Waals surface area contributed by atoms with Gasteiger partial charge in [-0.05, 0) is 62.1 Å². The molecule has 2 N–H and O–H groups in total. The van der Waals surface area contributed by atoms with Crippen LogP contribution in [0.2, 0.25) is 0 Å². The van der Waals surface area contributed by atoms with Gasteiger partial charge in [0.05, 0.1) is 5.56 Å². The Labute approximate surface area is 175 Å². The van der Waals surface area contributed by atoms with Crippen molar-refractivity contribution >= 4 is 17.8 Å². The summed E-state index contributed by atoms with van der Waals surface area (Å²) >= 11 is 0. The largest absolute Gasteiger partial charge is 0.507 e. The molecule has 0 heterocycles. The molecule has 2 aromatic rings. The number of aliphatic carboxylic acids is 1. The van der Waals surface area contributed by atoms with Crippen LogP contribution in [0.25, 0.3) is 6.08 Å². The maximum absolute atomic E-state index is 11.7. The molecule has 1 atom stereocenters. The lowest BCUT2D eigenvalue weighted by molar-refractivity contribution is -0.131. The molecule has 156 valence electrons. The van der Waals surface area contributed by atoms with Crippen LogP contribution in [0.1, 0.15) is 48.7 Å². The van der Waals surface area contributed by atoms with Crippen LogP contribution in [0.4, 0.5) is 0 Å². The van der Waals surface area contributed by atoms with Gasteiger partial charge in [-0.2, -0.15) is 0 Å². The summed E-state index contributed by atoms with van der Waals surface area (Å²) < 4.78 is 11.7. The third kappa shape index (κ3) is 6.14. The molecule has 2 aromatic carbocycles. The van der Waals surface area contributed by atoms with Gasteiger partial charge in [0.25, 0.3) is 0 Å². The fourth-order valence-electron chi connectivity index (χ4n) is 2.80. The Hall–Kier alpha value is -3.72. The van der Waals surface area contributed by atoms with Crippen molar-refractivity contribution in [1.29, 1.82) is 0 Å². The number of phenolic OH excluding ortho intramolecular Hbond substituents is 1. The van der Waals surface area contributed by atoms with E-state index in [4.69, 9.17) is 14.6 Å². The highest BCUT2D eigenvalue weighted by Crippen LogP contribution is 2.33. The van der Waals surface area contributed by atoms with Gasteiger partial charge in [0.2, 0.25) is 0 Å². The number of carboxylic acids is 1. The SMILES string of the molecule is CC#CC(Oc1cccc(C=CC(=O)O)c1)Oc1ccc(C(C)=O)c(O)c1CCC. The number of Topliss-reactive ketones (excluding diaryl/α,β-unsaturated/α-hetero) is 1. The van der Waals surface area contributed by atoms with Crippen LogP contribution in [-0.2, 0) is 11.2 Å². The van der Waals surface area contributed by atoms with E-state index in [0.717, 1.165) is 12.5 Å². The van der Waals surface area contributed by atoms with Crippen LogP contribution >= 0.6 is 0 Å². The van der Waals surface area contributed by atoms with E-state index in [9.17, 15) is 14.7 Å². The number of hydrogen-bond acceptors (Lipinski definition) is 5. The van der Waals surface area contributed by atoms with Crippen LogP contribution in [0.15, 0.2) is 42.5 Å². The van der Waals surface area contributed by atoms with Crippen molar-refractivity contribution in [3.05, 3.63) is 59.2 Å². The van der Waals surface area contributed by atoms with Gasteiger partial charge in [0.15, 0.2) is 5.78 Å². The highest BCUT2D eigenvalue weighted by Gasteiger charge is 2.19. The standard InChI is InChI=1S/C24H24O6/c1-4-7-20-21(13-12-19(16(3)25)24(20)28)30-23(8-5-2)29-18-10-6-9-17(15-18)11-14-22(26)27/h6,9-15,23,28H,4,7H2,1-3H3,(H,26,27). The first kappa shape index (κ1) is 22.6. The van der Waals surface area contributed by atoms with Crippen LogP contribution < -0.4 is 9.47 Å². The summed E-state index contributed by atoms with van der Waals surface area (Å²) in [7, 11) is 0. The van der Waals surface area contributed by atoms with Gasteiger partial charge in [-0.1, -0.05) is 31.4 Å². The number of carboxylic acid groups (broad SMARTS) is 1. The van der Waals surface area contributed by atoms with E-state index in [1.165, 1.54) is 19.1 Å². The smallest absolute Gasteiger partial charge is 0.328 e. The summed E-state index contributed by atoms with van der Waals surface area (Å²) in [5.74, 6) is 5.03. The fourth-order valence-corrected chi connectivity index (χ4v) is 2.80. The van der Waals surface area contributed by atoms with Gasteiger partial charge in [-0.15, -0.1) is 0 Å². The van der Waals surface area contributed by atoms with Gasteiger partial charge in [0.1, 0.15) is 17.2 Å². The summed E-state index contributed by atoms with van der Waals surface area (Å²) in [6, 6.07) is 9.97. The minimum Gasteiger partial charge on any atom is -0.507 e. The van der Waals surface area contributed by atoms with Crippen LogP contribution in [-0.4, -0.2) is 28.3 Å². The summed E-state index contributed by atoms with van der Waals surface area (Å²) in [6.45, 7) is 5.00. The molecule has 1 unspecified atom stereocenters. The van der Waals surface area contributed by atoms with Crippen molar-refractivity contribution in [2.24, 2.45) is 0 Å². The second-order valence-electron chi connectivity index (χ2n) is 6.45. The molecular weight excluding hydrogens is 384 g/mol. The predicted octanol–water partition coefficient (Wildman–Crippen LogP) is 4.45. The average molecular weight is 408 g/mol. The Kier molecular flexibility index (Phi) is 8.07. The lowest BCUT2D eigenvalue weighted by Gasteiger charge is -2.19. The van der Waals surface area contributed by atoms with E-state index in [-0.39, 0.29) is 17.1 Å². The molecular formula is C24H24O6. The second-order valence-corrected chi connectivity index (χ2v) is 6.45. The number of ether oxygens (including phenoxy) is 2. The molecule has 0 saturated heterocycles. The number of hydrogen-bond donors (Lipinski definition) is 2. The zero-order valence-corrected chi connectivity index (χ0v) is 17.1. The van der Waals surface area contributed by atoms with Crippen LogP contribution in [0, 0.1) is 11.8 Å². The maximum Gasteiger partial charge on any atom is 0.328 e. The lowest BCUT2D eigenvalue weighted by atomic mass is 10.0. The number of phenols is 1. The number of aromatic hydroxyl groups is 1. The zero-order valence-electron chi connectivity index (χ0n) is 17.1. The average Bonchev–Trinajstić information content (AvgIpc) is 2.69. The molecule has 0 aliphatic carbocycles. The summed E-state index contributed by atoms with van der Waals surface area (Å²) in [6.07, 6.45) is 2.79. The van der Waals surface area contributed by atoms with Crippen LogP contribution in [0.5, 0.6) is 17.2 Å². The van der Waals surface area contributed by atoms with Gasteiger partial charge in [-0.3, -0.25) is 4.79 Å². The summed E-state index contributed by atoms with van der Waals surface area (Å²) in [5.41, 5.74) is 1.41. The first-order valence-corrected chi connectivity index (χ1v) is 9.48. The molecule has 6 heteroatoms. The van der Waals surface area contributed by atoms with Gasteiger partial charge < -0.3 is 19.7 Å². The highest BCUT2D eigenvalue weighted by atomic mass is 16.7. The first-order valence-electron chi connectivity index (χ1n) is 9.48. The molecule has 0 amide bonds. The van der Waals surface area contributed by atoms with E-state index in [1.807, 2.05) is 6.92 Å². The van der Waals surface area contributed by atoms with Crippen molar-refractivity contribution < 1.29 is 29.3 Å². The van der Waals surface area contributed by atoms with Crippen molar-refractivity contribution in [3.8, 4) is 29.1 Å². The Morgan fingerprint density at radius 1 is 1.20 bits per heavy atom. The molecule has 30 heavy (non-hydrogen) atoms. The summed E-state index contributed by atoms with van der Waals surface area (Å²) in [5, 5.41) is 19.3. The number of carbonyl (C=O) groups is 2. The molecule has 0 aliphatic rings. The monoisotopic (exact) mass is 408 g/mol. The molecule has 0 radical (unpaired) electrons. The zero-order chi connectivity index (χ0) is 22.1. The third-order valence-corrected chi connectivity index (χ3v) is 4.13. The molecule has 6 nitrogen and oxygen atoms in total. The van der Waals surface area contributed by atoms with E-state index in [1.54, 1.807) is 37.3 Å². The number of ketones is 1. The third-order valence-electron chi connectivity index (χ3n) is 4.13. The Bertz CT molecular complexity index is 1010. The maximum atomic E-state index is 11.7. The molecule has 0 spiro atoms. The molecule has 0 aliphatic heterocycles. The highest BCUT2D eigenvalue weighted by molar-refractivity contribution is 5.97. The topological polar surface area (TPSA) is 93.1 Å².